The Morgan fingerprint density at radius 1 is 0.833 bits per heavy atom. The van der Waals surface area contributed by atoms with Gasteiger partial charge in [-0.15, -0.1) is 11.3 Å². The number of rotatable bonds is 9. The average molecular weight is 823 g/mol. The highest BCUT2D eigenvalue weighted by atomic mass is 32.1. The second kappa shape index (κ2) is 14.9. The Morgan fingerprint density at radius 3 is 2.27 bits per heavy atom. The van der Waals surface area contributed by atoms with E-state index in [1.54, 1.807) is 17.5 Å². The van der Waals surface area contributed by atoms with E-state index in [2.05, 4.69) is 86.6 Å². The van der Waals surface area contributed by atoms with Gasteiger partial charge in [-0.2, -0.15) is 0 Å². The molecule has 0 spiro atoms. The predicted octanol–water partition coefficient (Wildman–Crippen LogP) is 12.2. The molecule has 0 unspecified atom stereocenters. The number of ketones is 1. The Balaban J connectivity index is 1.08. The molecule has 0 aliphatic heterocycles. The summed E-state index contributed by atoms with van der Waals surface area (Å²) >= 11 is 1.65. The zero-order valence-corrected chi connectivity index (χ0v) is 37.5. The van der Waals surface area contributed by atoms with Crippen LogP contribution < -0.4 is 4.90 Å². The first-order chi connectivity index (χ1) is 28.7. The van der Waals surface area contributed by atoms with Gasteiger partial charge in [-0.05, 0) is 163 Å². The lowest BCUT2D eigenvalue weighted by molar-refractivity contribution is -0.217. The number of methoxy groups -OCH3 is 1. The second-order valence-corrected chi connectivity index (χ2v) is 21.2. The zero-order chi connectivity index (χ0) is 42.2. The Morgan fingerprint density at radius 2 is 1.58 bits per heavy atom. The standard InChI is InChI=1S/C52H62N4O3S/c1-33(2)36-21-26-52(56(31-42(57)40-14-10-12-30-54-40)47-55-41(32-60-47)39-13-9-11-29-53-39)28-27-50(6)38(45(36)52)19-20-44-49(5)24-22-37(34-15-17-35(18-16-34)46(58)59-8)48(3,4)43(49)23-25-51(44,50)7/h9-18,22,29-30,32,36,38,43-45H,1,19-21,23-28,31H2,2-8H3/t36-,38+,43-,44+,45+,49-,50+,51+,52-/m0/s1. The third kappa shape index (κ3) is 6.12. The number of Topliss-reactive ketones (excluding diaryl/α,β-unsaturated/α-hetero) is 1. The number of allylic oxidation sites excluding steroid dienone is 3. The van der Waals surface area contributed by atoms with Crippen molar-refractivity contribution in [3.8, 4) is 11.4 Å². The number of nitrogens with zero attached hydrogens (tertiary/aromatic N) is 4. The van der Waals surface area contributed by atoms with E-state index in [1.165, 1.54) is 49.5 Å². The SMILES string of the molecule is C=C(C)[C@@H]1CC[C@]2(N(CC(=O)c3ccccn3)c3nc(-c4ccccn4)cs3)CC[C@]3(C)[C@H](CC[C@@H]4[C@@]5(C)CC=C(c6ccc(C(=O)OC)cc6)C(C)(C)[C@@H]5CC[C@]43C)[C@@H]12. The molecule has 3 heterocycles. The first-order valence-electron chi connectivity index (χ1n) is 22.3. The topological polar surface area (TPSA) is 85.3 Å². The van der Waals surface area contributed by atoms with Crippen LogP contribution in [0.4, 0.5) is 5.13 Å². The molecule has 4 fully saturated rings. The molecule has 314 valence electrons. The van der Waals surface area contributed by atoms with E-state index in [0.29, 0.717) is 40.8 Å². The van der Waals surface area contributed by atoms with E-state index in [0.717, 1.165) is 48.6 Å². The number of pyridine rings is 2. The summed E-state index contributed by atoms with van der Waals surface area (Å²) in [4.78, 5) is 43.5. The summed E-state index contributed by atoms with van der Waals surface area (Å²) in [6.45, 7) is 20.2. The van der Waals surface area contributed by atoms with Crippen LogP contribution in [-0.2, 0) is 4.74 Å². The molecule has 8 heteroatoms. The number of thiazole rings is 1. The van der Waals surface area contributed by atoms with E-state index in [4.69, 9.17) is 9.72 Å². The molecule has 0 amide bonds. The summed E-state index contributed by atoms with van der Waals surface area (Å²) in [7, 11) is 1.44. The zero-order valence-electron chi connectivity index (χ0n) is 36.7. The summed E-state index contributed by atoms with van der Waals surface area (Å²) in [6, 6.07) is 19.7. The molecule has 4 saturated carbocycles. The van der Waals surface area contributed by atoms with Gasteiger partial charge in [0.2, 0.25) is 0 Å². The van der Waals surface area contributed by atoms with Crippen molar-refractivity contribution in [3.05, 3.63) is 113 Å². The molecule has 0 bridgehead atoms. The molecule has 5 aliphatic carbocycles. The lowest BCUT2D eigenvalue weighted by Crippen LogP contribution is -2.68. The van der Waals surface area contributed by atoms with Crippen LogP contribution in [0.15, 0.2) is 96.7 Å². The van der Waals surface area contributed by atoms with E-state index in [1.807, 2.05) is 54.7 Å². The lowest BCUT2D eigenvalue weighted by atomic mass is 9.33. The second-order valence-electron chi connectivity index (χ2n) is 20.4. The highest BCUT2D eigenvalue weighted by Gasteiger charge is 2.71. The van der Waals surface area contributed by atoms with Crippen molar-refractivity contribution < 1.29 is 14.3 Å². The number of hydrogen-bond donors (Lipinski definition) is 0. The minimum Gasteiger partial charge on any atom is -0.465 e. The summed E-state index contributed by atoms with van der Waals surface area (Å²) < 4.78 is 5.00. The fourth-order valence-corrected chi connectivity index (χ4v) is 15.7. The molecule has 4 aromatic rings. The Kier molecular flexibility index (Phi) is 10.2. The van der Waals surface area contributed by atoms with Gasteiger partial charge in [-0.1, -0.05) is 77.1 Å². The van der Waals surface area contributed by atoms with Gasteiger partial charge in [-0.3, -0.25) is 14.8 Å². The number of carbonyl (C=O) groups is 2. The van der Waals surface area contributed by atoms with Gasteiger partial charge < -0.3 is 9.64 Å². The van der Waals surface area contributed by atoms with Gasteiger partial charge in [-0.25, -0.2) is 9.78 Å². The molecule has 9 atom stereocenters. The van der Waals surface area contributed by atoms with Crippen LogP contribution >= 0.6 is 11.3 Å². The predicted molar refractivity (Wildman–Crippen MR) is 242 cm³/mol. The normalized spacial score (nSPS) is 33.9. The molecule has 3 aromatic heterocycles. The smallest absolute Gasteiger partial charge is 0.337 e. The first kappa shape index (κ1) is 40.9. The first-order valence-corrected chi connectivity index (χ1v) is 23.2. The highest BCUT2D eigenvalue weighted by molar-refractivity contribution is 7.14. The van der Waals surface area contributed by atoms with Crippen LogP contribution in [-0.4, -0.2) is 45.9 Å². The van der Waals surface area contributed by atoms with Crippen LogP contribution in [0.5, 0.6) is 0 Å². The lowest BCUT2D eigenvalue weighted by Gasteiger charge is -2.73. The number of carbonyl (C=O) groups excluding carboxylic acids is 2. The van der Waals surface area contributed by atoms with Crippen molar-refractivity contribution in [2.75, 3.05) is 18.6 Å². The van der Waals surface area contributed by atoms with Gasteiger partial charge >= 0.3 is 5.97 Å². The molecule has 0 N–H and O–H groups in total. The number of ether oxygens (including phenoxy) is 1. The van der Waals surface area contributed by atoms with Gasteiger partial charge in [0.05, 0.1) is 24.9 Å². The van der Waals surface area contributed by atoms with Crippen molar-refractivity contribution in [2.45, 2.75) is 105 Å². The van der Waals surface area contributed by atoms with Crippen LogP contribution in [0.1, 0.15) is 126 Å². The Bertz CT molecular complexity index is 2320. The van der Waals surface area contributed by atoms with Crippen LogP contribution in [0.25, 0.3) is 17.0 Å². The van der Waals surface area contributed by atoms with Crippen molar-refractivity contribution in [1.29, 1.82) is 0 Å². The van der Waals surface area contributed by atoms with Crippen molar-refractivity contribution in [1.82, 2.24) is 15.0 Å². The van der Waals surface area contributed by atoms with Gasteiger partial charge in [0.25, 0.3) is 0 Å². The minimum atomic E-state index is -0.294. The summed E-state index contributed by atoms with van der Waals surface area (Å²) in [5.74, 6) is 2.13. The molecular weight excluding hydrogens is 761 g/mol. The molecule has 1 aromatic carbocycles. The quantitative estimate of drug-likeness (QED) is 0.0944. The molecular formula is C52H62N4O3S. The van der Waals surface area contributed by atoms with E-state index >= 15 is 0 Å². The molecule has 60 heavy (non-hydrogen) atoms. The summed E-state index contributed by atoms with van der Waals surface area (Å²) in [5, 5.41) is 3.03. The van der Waals surface area contributed by atoms with Crippen molar-refractivity contribution >= 4 is 33.8 Å². The van der Waals surface area contributed by atoms with Gasteiger partial charge in [0.15, 0.2) is 10.9 Å². The third-order valence-corrected chi connectivity index (χ3v) is 18.5. The highest BCUT2D eigenvalue weighted by Crippen LogP contribution is 2.77. The van der Waals surface area contributed by atoms with Crippen molar-refractivity contribution in [3.63, 3.8) is 0 Å². The maximum Gasteiger partial charge on any atom is 0.337 e. The Labute approximate surface area is 361 Å². The van der Waals surface area contributed by atoms with Gasteiger partial charge in [0, 0.05) is 23.3 Å². The number of fused-ring (bicyclic) bond motifs is 7. The van der Waals surface area contributed by atoms with E-state index in [-0.39, 0.29) is 45.5 Å². The fraction of sp³-hybridized carbons (Fsp3) is 0.519. The monoisotopic (exact) mass is 822 g/mol. The van der Waals surface area contributed by atoms with Gasteiger partial charge in [0.1, 0.15) is 11.4 Å². The number of aromatic nitrogens is 3. The van der Waals surface area contributed by atoms with E-state index < -0.39 is 0 Å². The molecule has 9 rings (SSSR count). The van der Waals surface area contributed by atoms with Crippen LogP contribution in [0.2, 0.25) is 0 Å². The molecule has 7 nitrogen and oxygen atoms in total. The average Bonchev–Trinajstić information content (AvgIpc) is 3.90. The van der Waals surface area contributed by atoms with Crippen LogP contribution in [0.3, 0.4) is 0 Å². The largest absolute Gasteiger partial charge is 0.465 e. The third-order valence-electron chi connectivity index (χ3n) is 17.7. The number of hydrogen-bond acceptors (Lipinski definition) is 8. The summed E-state index contributed by atoms with van der Waals surface area (Å²) in [5.41, 5.74) is 6.95. The number of benzene rings is 1. The number of anilines is 1. The Hall–Kier alpha value is -4.43. The van der Waals surface area contributed by atoms with E-state index in [9.17, 15) is 9.59 Å². The minimum absolute atomic E-state index is 0.0143. The summed E-state index contributed by atoms with van der Waals surface area (Å²) in [6.07, 6.45) is 16.3. The maximum atomic E-state index is 14.3. The van der Waals surface area contributed by atoms with Crippen LogP contribution in [0, 0.1) is 51.2 Å². The maximum absolute atomic E-state index is 14.3. The molecule has 0 saturated heterocycles. The van der Waals surface area contributed by atoms with Crippen molar-refractivity contribution in [2.24, 2.45) is 51.2 Å². The molecule has 0 radical (unpaired) electrons. The fourth-order valence-electron chi connectivity index (χ4n) is 14.8. The molecule has 5 aliphatic rings. The number of esters is 1.